The Hall–Kier alpha value is -2.45. The smallest absolute Gasteiger partial charge is 0.274 e. The van der Waals surface area contributed by atoms with Gasteiger partial charge in [-0.2, -0.15) is 0 Å². The van der Waals surface area contributed by atoms with Gasteiger partial charge < -0.3 is 5.32 Å². The van der Waals surface area contributed by atoms with Crippen molar-refractivity contribution >= 4 is 29.2 Å². The van der Waals surface area contributed by atoms with Crippen LogP contribution in [0.5, 0.6) is 0 Å². The van der Waals surface area contributed by atoms with Crippen LogP contribution in [0.1, 0.15) is 16.8 Å². The number of hydrogen-bond donors (Lipinski definition) is 2. The van der Waals surface area contributed by atoms with Crippen molar-refractivity contribution in [2.24, 2.45) is 0 Å². The molecule has 7 nitrogen and oxygen atoms in total. The van der Waals surface area contributed by atoms with E-state index in [-0.39, 0.29) is 5.56 Å². The van der Waals surface area contributed by atoms with E-state index < -0.39 is 0 Å². The lowest BCUT2D eigenvalue weighted by molar-refractivity contribution is 0.130. The molecule has 0 spiro atoms. The molecule has 0 aliphatic carbocycles. The third-order valence-corrected chi connectivity index (χ3v) is 6.29. The number of benzene rings is 2. The first-order valence-electron chi connectivity index (χ1n) is 10.7. The second-order valence-electron chi connectivity index (χ2n) is 7.90. The summed E-state index contributed by atoms with van der Waals surface area (Å²) in [6.07, 6.45) is 0.340. The average Bonchev–Trinajstić information content (AvgIpc) is 2.80. The van der Waals surface area contributed by atoms with Crippen LogP contribution in [-0.2, 0) is 13.0 Å². The van der Waals surface area contributed by atoms with Crippen molar-refractivity contribution in [2.75, 3.05) is 44.6 Å². The summed E-state index contributed by atoms with van der Waals surface area (Å²) in [5.41, 5.74) is 2.28. The molecule has 4 rings (SSSR count). The zero-order valence-electron chi connectivity index (χ0n) is 17.7. The van der Waals surface area contributed by atoms with Crippen molar-refractivity contribution < 1.29 is 0 Å². The van der Waals surface area contributed by atoms with E-state index in [0.717, 1.165) is 44.8 Å². The molecule has 2 aromatic carbocycles. The van der Waals surface area contributed by atoms with Crippen LogP contribution < -0.4 is 10.9 Å². The molecule has 1 aliphatic heterocycles. The summed E-state index contributed by atoms with van der Waals surface area (Å²) in [5.74, 6) is 0.385. The summed E-state index contributed by atoms with van der Waals surface area (Å²) in [6, 6.07) is 15.8. The van der Waals surface area contributed by atoms with Crippen molar-refractivity contribution in [3.63, 3.8) is 0 Å². The fourth-order valence-electron chi connectivity index (χ4n) is 3.74. The molecule has 3 aromatic rings. The number of anilines is 1. The highest BCUT2D eigenvalue weighted by molar-refractivity contribution is 6.42. The fraction of sp³-hybridized carbons (Fsp3) is 0.348. The van der Waals surface area contributed by atoms with Crippen LogP contribution in [0.2, 0.25) is 10.0 Å². The van der Waals surface area contributed by atoms with Gasteiger partial charge in [-0.25, -0.2) is 0 Å². The third-order valence-electron chi connectivity index (χ3n) is 5.55. The SMILES string of the molecule is O=c1[nH]c(NCCN2CCN(Cc3ccccc3)CC2)nnc1Cc1ccc(Cl)c(Cl)c1. The second kappa shape index (κ2) is 10.9. The summed E-state index contributed by atoms with van der Waals surface area (Å²) in [5, 5.41) is 12.3. The number of aromatic amines is 1. The van der Waals surface area contributed by atoms with E-state index in [4.69, 9.17) is 23.2 Å². The van der Waals surface area contributed by atoms with Crippen LogP contribution in [0.25, 0.3) is 0 Å². The Balaban J connectivity index is 1.21. The molecule has 32 heavy (non-hydrogen) atoms. The quantitative estimate of drug-likeness (QED) is 0.523. The first-order valence-corrected chi connectivity index (χ1v) is 11.4. The molecule has 1 saturated heterocycles. The van der Waals surface area contributed by atoms with Crippen LogP contribution in [-0.4, -0.2) is 64.2 Å². The molecule has 0 atom stereocenters. The number of piperazine rings is 1. The summed E-state index contributed by atoms with van der Waals surface area (Å²) in [4.78, 5) is 20.0. The van der Waals surface area contributed by atoms with E-state index in [9.17, 15) is 4.79 Å². The van der Waals surface area contributed by atoms with Gasteiger partial charge in [-0.15, -0.1) is 10.2 Å². The molecule has 1 aliphatic rings. The normalized spacial score (nSPS) is 15.1. The third kappa shape index (κ3) is 6.29. The van der Waals surface area contributed by atoms with Gasteiger partial charge in [0.25, 0.3) is 5.56 Å². The molecule has 9 heteroatoms. The van der Waals surface area contributed by atoms with Gasteiger partial charge in [0.15, 0.2) is 0 Å². The van der Waals surface area contributed by atoms with Gasteiger partial charge in [-0.3, -0.25) is 19.6 Å². The highest BCUT2D eigenvalue weighted by Crippen LogP contribution is 2.23. The lowest BCUT2D eigenvalue weighted by atomic mass is 10.1. The maximum Gasteiger partial charge on any atom is 0.274 e. The first kappa shape index (κ1) is 22.7. The Morgan fingerprint density at radius 1 is 0.906 bits per heavy atom. The maximum absolute atomic E-state index is 12.4. The van der Waals surface area contributed by atoms with Crippen LogP contribution >= 0.6 is 23.2 Å². The minimum absolute atomic E-state index is 0.261. The standard InChI is InChI=1S/C23H26Cl2N6O/c24-19-7-6-18(14-20(19)25)15-21-22(32)27-23(29-28-21)26-8-9-30-10-12-31(13-11-30)16-17-4-2-1-3-5-17/h1-7,14H,8-13,15-16H2,(H2,26,27,29,32). The largest absolute Gasteiger partial charge is 0.353 e. The van der Waals surface area contributed by atoms with E-state index in [2.05, 4.69) is 60.6 Å². The second-order valence-corrected chi connectivity index (χ2v) is 8.72. The molecule has 1 aromatic heterocycles. The van der Waals surface area contributed by atoms with Crippen molar-refractivity contribution in [3.8, 4) is 0 Å². The predicted octanol–water partition coefficient (Wildman–Crippen LogP) is 3.29. The molecule has 168 valence electrons. The predicted molar refractivity (Wildman–Crippen MR) is 129 cm³/mol. The minimum atomic E-state index is -0.261. The monoisotopic (exact) mass is 472 g/mol. The van der Waals surface area contributed by atoms with E-state index in [1.165, 1.54) is 5.56 Å². The Morgan fingerprint density at radius 3 is 2.38 bits per heavy atom. The Bertz CT molecular complexity index is 1080. The highest BCUT2D eigenvalue weighted by Gasteiger charge is 2.16. The van der Waals surface area contributed by atoms with Crippen LogP contribution in [0.15, 0.2) is 53.3 Å². The van der Waals surface area contributed by atoms with Crippen molar-refractivity contribution in [3.05, 3.63) is 85.8 Å². The minimum Gasteiger partial charge on any atom is -0.353 e. The average molecular weight is 473 g/mol. The molecule has 0 amide bonds. The van der Waals surface area contributed by atoms with E-state index in [1.54, 1.807) is 12.1 Å². The summed E-state index contributed by atoms with van der Waals surface area (Å²) in [6.45, 7) is 6.73. The molecule has 1 fully saturated rings. The molecular weight excluding hydrogens is 447 g/mol. The lowest BCUT2D eigenvalue weighted by Gasteiger charge is -2.34. The van der Waals surface area contributed by atoms with Gasteiger partial charge in [0, 0.05) is 52.2 Å². The van der Waals surface area contributed by atoms with Crippen molar-refractivity contribution in [2.45, 2.75) is 13.0 Å². The summed E-state index contributed by atoms with van der Waals surface area (Å²) >= 11 is 12.0. The molecule has 0 bridgehead atoms. The van der Waals surface area contributed by atoms with Gasteiger partial charge in [0.05, 0.1) is 10.0 Å². The van der Waals surface area contributed by atoms with Gasteiger partial charge in [-0.1, -0.05) is 59.6 Å². The van der Waals surface area contributed by atoms with Crippen LogP contribution in [0.4, 0.5) is 5.95 Å². The Labute approximate surface area is 197 Å². The number of nitrogens with zero attached hydrogens (tertiary/aromatic N) is 4. The highest BCUT2D eigenvalue weighted by atomic mass is 35.5. The lowest BCUT2D eigenvalue weighted by Crippen LogP contribution is -2.47. The Kier molecular flexibility index (Phi) is 7.76. The van der Waals surface area contributed by atoms with Gasteiger partial charge in [0.1, 0.15) is 5.69 Å². The van der Waals surface area contributed by atoms with Gasteiger partial charge in [-0.05, 0) is 23.3 Å². The van der Waals surface area contributed by atoms with Crippen molar-refractivity contribution in [1.82, 2.24) is 25.0 Å². The van der Waals surface area contributed by atoms with Gasteiger partial charge >= 0.3 is 0 Å². The number of halogens is 2. The summed E-state index contributed by atoms with van der Waals surface area (Å²) in [7, 11) is 0. The number of aromatic nitrogens is 3. The zero-order valence-corrected chi connectivity index (χ0v) is 19.2. The number of hydrogen-bond acceptors (Lipinski definition) is 6. The molecule has 0 saturated carbocycles. The van der Waals surface area contributed by atoms with Crippen molar-refractivity contribution in [1.29, 1.82) is 0 Å². The van der Waals surface area contributed by atoms with Crippen LogP contribution in [0.3, 0.4) is 0 Å². The zero-order chi connectivity index (χ0) is 22.3. The van der Waals surface area contributed by atoms with E-state index in [0.29, 0.717) is 34.7 Å². The van der Waals surface area contributed by atoms with E-state index in [1.807, 2.05) is 6.07 Å². The molecule has 2 heterocycles. The molecule has 0 unspecified atom stereocenters. The Morgan fingerprint density at radius 2 is 1.66 bits per heavy atom. The molecule has 0 radical (unpaired) electrons. The number of H-pyrrole nitrogens is 1. The first-order chi connectivity index (χ1) is 15.6. The molecule has 2 N–H and O–H groups in total. The topological polar surface area (TPSA) is 77.2 Å². The van der Waals surface area contributed by atoms with Gasteiger partial charge in [0.2, 0.25) is 5.95 Å². The van der Waals surface area contributed by atoms with Crippen LogP contribution in [0, 0.1) is 0 Å². The number of nitrogens with one attached hydrogen (secondary N) is 2. The number of rotatable bonds is 8. The molecular formula is C23H26Cl2N6O. The summed E-state index contributed by atoms with van der Waals surface area (Å²) < 4.78 is 0. The fourth-order valence-corrected chi connectivity index (χ4v) is 4.06. The van der Waals surface area contributed by atoms with E-state index >= 15 is 0 Å². The maximum atomic E-state index is 12.4.